The standard InChI is InChI=1S/C27H28Cl2FN3O4S/c1-16(21-7-9-24(37-3)26(29)25(21)28)31-27(34)32-23-8-6-20(13-22(23)30)38(35,36)15-17-4-5-19-14-33(2)11-10-18(19)12-17/h4-9,12-13,16H,10-11,14-15H2,1-3H3,(H2,31,32,34)/t16-/m1/s1. The minimum absolute atomic E-state index is 0.161. The predicted molar refractivity (Wildman–Crippen MR) is 147 cm³/mol. The number of sulfone groups is 1. The number of rotatable bonds is 7. The van der Waals surface area contributed by atoms with Gasteiger partial charge in [0.05, 0.1) is 34.5 Å². The summed E-state index contributed by atoms with van der Waals surface area (Å²) in [7, 11) is -0.295. The van der Waals surface area contributed by atoms with Crippen molar-refractivity contribution in [1.82, 2.24) is 10.2 Å². The number of fused-ring (bicyclic) bond motifs is 1. The number of methoxy groups -OCH3 is 1. The van der Waals surface area contributed by atoms with Crippen LogP contribution in [0.3, 0.4) is 0 Å². The van der Waals surface area contributed by atoms with Gasteiger partial charge in [-0.2, -0.15) is 0 Å². The molecule has 3 aromatic carbocycles. The number of urea groups is 1. The fourth-order valence-corrected chi connectivity index (χ4v) is 6.31. The lowest BCUT2D eigenvalue weighted by Gasteiger charge is -2.25. The summed E-state index contributed by atoms with van der Waals surface area (Å²) in [5.41, 5.74) is 3.36. The molecule has 2 N–H and O–H groups in total. The van der Waals surface area contributed by atoms with Crippen molar-refractivity contribution in [2.45, 2.75) is 36.6 Å². The third-order valence-electron chi connectivity index (χ3n) is 6.49. The molecule has 1 aliphatic heterocycles. The van der Waals surface area contributed by atoms with Gasteiger partial charge < -0.3 is 20.3 Å². The number of nitrogens with zero attached hydrogens (tertiary/aromatic N) is 1. The van der Waals surface area contributed by atoms with Crippen LogP contribution >= 0.6 is 23.2 Å². The summed E-state index contributed by atoms with van der Waals surface area (Å²) in [6.45, 7) is 3.43. The predicted octanol–water partition coefficient (Wildman–Crippen LogP) is 5.99. The fraction of sp³-hybridized carbons (Fsp3) is 0.296. The molecule has 0 bridgehead atoms. The Morgan fingerprint density at radius 2 is 1.87 bits per heavy atom. The Morgan fingerprint density at radius 3 is 2.58 bits per heavy atom. The van der Waals surface area contributed by atoms with E-state index in [9.17, 15) is 17.6 Å². The third-order valence-corrected chi connectivity index (χ3v) is 9.05. The van der Waals surface area contributed by atoms with Crippen LogP contribution in [0.1, 0.15) is 35.2 Å². The lowest BCUT2D eigenvalue weighted by molar-refractivity contribution is 0.249. The molecule has 7 nitrogen and oxygen atoms in total. The highest BCUT2D eigenvalue weighted by atomic mass is 35.5. The summed E-state index contributed by atoms with van der Waals surface area (Å²) in [6.07, 6.45) is 0.854. The van der Waals surface area contributed by atoms with Crippen molar-refractivity contribution in [3.8, 4) is 5.75 Å². The first-order valence-electron chi connectivity index (χ1n) is 11.9. The van der Waals surface area contributed by atoms with E-state index >= 15 is 0 Å². The quantitative estimate of drug-likeness (QED) is 0.359. The van der Waals surface area contributed by atoms with Crippen molar-refractivity contribution in [3.63, 3.8) is 0 Å². The number of anilines is 1. The first-order valence-corrected chi connectivity index (χ1v) is 14.3. The molecule has 38 heavy (non-hydrogen) atoms. The summed E-state index contributed by atoms with van der Waals surface area (Å²) >= 11 is 12.5. The van der Waals surface area contributed by atoms with Gasteiger partial charge in [0.15, 0.2) is 9.84 Å². The van der Waals surface area contributed by atoms with Crippen molar-refractivity contribution < 1.29 is 22.3 Å². The summed E-state index contributed by atoms with van der Waals surface area (Å²) in [4.78, 5) is 14.6. The van der Waals surface area contributed by atoms with E-state index < -0.39 is 27.7 Å². The molecule has 0 radical (unpaired) electrons. The molecule has 202 valence electrons. The molecule has 1 heterocycles. The highest BCUT2D eigenvalue weighted by Gasteiger charge is 2.21. The van der Waals surface area contributed by atoms with E-state index in [1.54, 1.807) is 25.1 Å². The van der Waals surface area contributed by atoms with E-state index in [1.165, 1.54) is 24.8 Å². The maximum atomic E-state index is 14.8. The molecular weight excluding hydrogens is 552 g/mol. The van der Waals surface area contributed by atoms with Gasteiger partial charge in [-0.25, -0.2) is 17.6 Å². The first-order chi connectivity index (χ1) is 18.0. The van der Waals surface area contributed by atoms with Crippen LogP contribution < -0.4 is 15.4 Å². The monoisotopic (exact) mass is 579 g/mol. The van der Waals surface area contributed by atoms with Crippen molar-refractivity contribution in [2.75, 3.05) is 26.0 Å². The number of nitrogens with one attached hydrogen (secondary N) is 2. The molecule has 11 heteroatoms. The zero-order chi connectivity index (χ0) is 27.6. The largest absolute Gasteiger partial charge is 0.495 e. The number of carbonyl (C=O) groups is 1. The van der Waals surface area contributed by atoms with Crippen molar-refractivity contribution >= 4 is 44.8 Å². The number of hydrogen-bond donors (Lipinski definition) is 2. The minimum atomic E-state index is -3.80. The van der Waals surface area contributed by atoms with Gasteiger partial charge in [0.2, 0.25) is 0 Å². The molecule has 0 aromatic heterocycles. The van der Waals surface area contributed by atoms with E-state index in [1.807, 2.05) is 19.2 Å². The van der Waals surface area contributed by atoms with Gasteiger partial charge in [-0.15, -0.1) is 0 Å². The maximum Gasteiger partial charge on any atom is 0.319 e. The van der Waals surface area contributed by atoms with Gasteiger partial charge in [0.1, 0.15) is 16.6 Å². The minimum Gasteiger partial charge on any atom is -0.495 e. The zero-order valence-electron chi connectivity index (χ0n) is 21.1. The Bertz CT molecular complexity index is 1480. The Kier molecular flexibility index (Phi) is 8.52. The van der Waals surface area contributed by atoms with Gasteiger partial charge in [-0.1, -0.05) is 47.5 Å². The van der Waals surface area contributed by atoms with Gasteiger partial charge in [-0.05, 0) is 66.9 Å². The van der Waals surface area contributed by atoms with Crippen LogP contribution in [0.25, 0.3) is 0 Å². The number of amides is 2. The summed E-state index contributed by atoms with van der Waals surface area (Å²) in [6, 6.07) is 11.1. The van der Waals surface area contributed by atoms with Crippen LogP contribution in [-0.2, 0) is 28.6 Å². The molecule has 1 atom stereocenters. The van der Waals surface area contributed by atoms with E-state index in [4.69, 9.17) is 27.9 Å². The van der Waals surface area contributed by atoms with Crippen LogP contribution in [0, 0.1) is 5.82 Å². The van der Waals surface area contributed by atoms with Crippen LogP contribution in [0.2, 0.25) is 10.0 Å². The fourth-order valence-electron chi connectivity index (χ4n) is 4.40. The lowest BCUT2D eigenvalue weighted by atomic mass is 9.98. The number of halogens is 3. The second-order valence-electron chi connectivity index (χ2n) is 9.30. The smallest absolute Gasteiger partial charge is 0.319 e. The number of carbonyl (C=O) groups excluding carboxylic acids is 1. The molecule has 0 saturated heterocycles. The van der Waals surface area contributed by atoms with Gasteiger partial charge >= 0.3 is 6.03 Å². The average Bonchev–Trinajstić information content (AvgIpc) is 2.86. The molecule has 0 fully saturated rings. The Labute approximate surface area is 231 Å². The van der Waals surface area contributed by atoms with Gasteiger partial charge in [-0.3, -0.25) is 0 Å². The van der Waals surface area contributed by atoms with Crippen LogP contribution in [0.4, 0.5) is 14.9 Å². The molecule has 0 unspecified atom stereocenters. The zero-order valence-corrected chi connectivity index (χ0v) is 23.5. The molecule has 2 amide bonds. The highest BCUT2D eigenvalue weighted by molar-refractivity contribution is 7.90. The molecule has 4 rings (SSSR count). The molecule has 0 spiro atoms. The van der Waals surface area contributed by atoms with Crippen LogP contribution in [0.5, 0.6) is 5.75 Å². The Balaban J connectivity index is 1.43. The second kappa shape index (κ2) is 11.5. The van der Waals surface area contributed by atoms with E-state index in [0.717, 1.165) is 31.1 Å². The number of likely N-dealkylation sites (N-methyl/N-ethyl adjacent to an activating group) is 1. The topological polar surface area (TPSA) is 87.7 Å². The van der Waals surface area contributed by atoms with E-state index in [-0.39, 0.29) is 26.4 Å². The van der Waals surface area contributed by atoms with E-state index in [2.05, 4.69) is 15.5 Å². The van der Waals surface area contributed by atoms with Crippen molar-refractivity contribution in [1.29, 1.82) is 0 Å². The number of ether oxygens (including phenoxy) is 1. The summed E-state index contributed by atoms with van der Waals surface area (Å²) in [5, 5.41) is 5.51. The molecule has 0 aliphatic carbocycles. The van der Waals surface area contributed by atoms with Crippen LogP contribution in [0.15, 0.2) is 53.4 Å². The molecule has 1 aliphatic rings. The van der Waals surface area contributed by atoms with Crippen molar-refractivity contribution in [3.05, 3.63) is 86.6 Å². The maximum absolute atomic E-state index is 14.8. The highest BCUT2D eigenvalue weighted by Crippen LogP contribution is 2.37. The Hall–Kier alpha value is -2.85. The lowest BCUT2D eigenvalue weighted by Crippen LogP contribution is -2.31. The normalized spacial score (nSPS) is 14.5. The van der Waals surface area contributed by atoms with Crippen molar-refractivity contribution in [2.24, 2.45) is 0 Å². The average molecular weight is 581 g/mol. The summed E-state index contributed by atoms with van der Waals surface area (Å²) in [5.74, 6) is -0.715. The molecule has 3 aromatic rings. The van der Waals surface area contributed by atoms with Crippen LogP contribution in [-0.4, -0.2) is 40.1 Å². The summed E-state index contributed by atoms with van der Waals surface area (Å²) < 4.78 is 46.0. The van der Waals surface area contributed by atoms with E-state index in [0.29, 0.717) is 16.9 Å². The van der Waals surface area contributed by atoms with Gasteiger partial charge in [0.25, 0.3) is 0 Å². The van der Waals surface area contributed by atoms with Gasteiger partial charge in [0, 0.05) is 13.1 Å². The Morgan fingerprint density at radius 1 is 1.11 bits per heavy atom. The first kappa shape index (κ1) is 28.2. The molecule has 0 saturated carbocycles. The molecular formula is C27H28Cl2FN3O4S. The number of hydrogen-bond acceptors (Lipinski definition) is 5. The third kappa shape index (κ3) is 6.23. The SMILES string of the molecule is COc1ccc([C@@H](C)NC(=O)Nc2ccc(S(=O)(=O)Cc3ccc4c(c3)CCN(C)C4)cc2F)c(Cl)c1Cl. The number of benzene rings is 3. The second-order valence-corrected chi connectivity index (χ2v) is 12.0.